The molecular formula is C17H15N3O4. The number of carbonyl (C=O) groups excluding carboxylic acids is 2. The highest BCUT2D eigenvalue weighted by Crippen LogP contribution is 2.19. The second-order valence-electron chi connectivity index (χ2n) is 5.14. The number of fused-ring (bicyclic) bond motifs is 1. The fraction of sp³-hybridized carbons (Fsp3) is 0.176. The van der Waals surface area contributed by atoms with Crippen molar-refractivity contribution in [1.82, 2.24) is 15.2 Å². The smallest absolute Gasteiger partial charge is 0.360 e. The Morgan fingerprint density at radius 1 is 1.17 bits per heavy atom. The molecule has 24 heavy (non-hydrogen) atoms. The van der Waals surface area contributed by atoms with Crippen molar-refractivity contribution >= 4 is 23.0 Å². The molecule has 0 aliphatic heterocycles. The van der Waals surface area contributed by atoms with Crippen LogP contribution in [0.15, 0.2) is 36.4 Å². The number of ether oxygens (including phenoxy) is 2. The first-order valence-electron chi connectivity index (χ1n) is 7.25. The van der Waals surface area contributed by atoms with E-state index in [9.17, 15) is 9.59 Å². The van der Waals surface area contributed by atoms with Gasteiger partial charge in [0.15, 0.2) is 5.69 Å². The summed E-state index contributed by atoms with van der Waals surface area (Å²) in [7, 11) is 1.27. The maximum atomic E-state index is 12.3. The number of methoxy groups -OCH3 is 1. The highest BCUT2D eigenvalue weighted by atomic mass is 16.5. The second kappa shape index (κ2) is 6.49. The number of rotatable bonds is 4. The molecular weight excluding hydrogens is 310 g/mol. The summed E-state index contributed by atoms with van der Waals surface area (Å²) in [6.07, 6.45) is 0. The lowest BCUT2D eigenvalue weighted by Gasteiger charge is -2.07. The molecule has 7 nitrogen and oxygen atoms in total. The number of aromatic nitrogens is 3. The number of hydrogen-bond acceptors (Lipinski definition) is 6. The van der Waals surface area contributed by atoms with Crippen LogP contribution in [0.5, 0.6) is 0 Å². The van der Waals surface area contributed by atoms with Gasteiger partial charge in [0, 0.05) is 0 Å². The average molecular weight is 325 g/mol. The number of carbonyl (C=O) groups is 2. The van der Waals surface area contributed by atoms with Crippen molar-refractivity contribution in [3.05, 3.63) is 58.9 Å². The summed E-state index contributed by atoms with van der Waals surface area (Å²) in [6, 6.07) is 11.0. The van der Waals surface area contributed by atoms with Crippen molar-refractivity contribution in [3.8, 4) is 0 Å². The van der Waals surface area contributed by atoms with Crippen molar-refractivity contribution in [2.45, 2.75) is 13.5 Å². The molecule has 1 N–H and O–H groups in total. The lowest BCUT2D eigenvalue weighted by Crippen LogP contribution is -2.09. The Morgan fingerprint density at radius 2 is 1.92 bits per heavy atom. The summed E-state index contributed by atoms with van der Waals surface area (Å²) < 4.78 is 9.97. The van der Waals surface area contributed by atoms with Crippen LogP contribution in [-0.4, -0.2) is 34.2 Å². The van der Waals surface area contributed by atoms with Crippen LogP contribution in [-0.2, 0) is 16.1 Å². The van der Waals surface area contributed by atoms with Gasteiger partial charge in [0.2, 0.25) is 0 Å². The van der Waals surface area contributed by atoms with Gasteiger partial charge in [-0.15, -0.1) is 0 Å². The molecule has 7 heteroatoms. The molecule has 0 unspecified atom stereocenters. The number of hydrogen-bond donors (Lipinski definition) is 1. The molecule has 0 amide bonds. The van der Waals surface area contributed by atoms with E-state index in [1.165, 1.54) is 7.11 Å². The SMILES string of the molecule is COC(=O)c1n[nH]c2cc(C(=O)OCc3ccccc3)c(C)nc12. The number of benzene rings is 1. The zero-order chi connectivity index (χ0) is 17.1. The lowest BCUT2D eigenvalue weighted by atomic mass is 10.1. The van der Waals surface area contributed by atoms with Crippen LogP contribution in [0.25, 0.3) is 11.0 Å². The largest absolute Gasteiger partial charge is 0.464 e. The van der Waals surface area contributed by atoms with Gasteiger partial charge in [0.1, 0.15) is 12.1 Å². The van der Waals surface area contributed by atoms with Crippen molar-refractivity contribution in [2.24, 2.45) is 0 Å². The van der Waals surface area contributed by atoms with Gasteiger partial charge >= 0.3 is 11.9 Å². The maximum Gasteiger partial charge on any atom is 0.360 e. The maximum absolute atomic E-state index is 12.3. The number of H-pyrrole nitrogens is 1. The minimum atomic E-state index is -0.590. The van der Waals surface area contributed by atoms with Crippen LogP contribution in [0.1, 0.15) is 32.1 Å². The number of esters is 2. The van der Waals surface area contributed by atoms with E-state index >= 15 is 0 Å². The summed E-state index contributed by atoms with van der Waals surface area (Å²) in [5.41, 5.74) is 2.57. The summed E-state index contributed by atoms with van der Waals surface area (Å²) in [5.74, 6) is -1.08. The Labute approximate surface area is 137 Å². The standard InChI is InChI=1S/C17H15N3O4/c1-10-12(16(21)24-9-11-6-4-3-5-7-11)8-13-14(18-10)15(20-19-13)17(22)23-2/h3-8H,9H2,1-2H3,(H,19,20). The zero-order valence-electron chi connectivity index (χ0n) is 13.2. The van der Waals surface area contributed by atoms with Gasteiger partial charge in [-0.25, -0.2) is 14.6 Å². The Hall–Kier alpha value is -3.22. The highest BCUT2D eigenvalue weighted by Gasteiger charge is 2.20. The topological polar surface area (TPSA) is 94.2 Å². The third-order valence-electron chi connectivity index (χ3n) is 3.54. The number of aromatic amines is 1. The second-order valence-corrected chi connectivity index (χ2v) is 5.14. The predicted molar refractivity (Wildman–Crippen MR) is 85.5 cm³/mol. The van der Waals surface area contributed by atoms with Crippen LogP contribution in [0, 0.1) is 6.92 Å². The summed E-state index contributed by atoms with van der Waals surface area (Å²) in [4.78, 5) is 28.2. The van der Waals surface area contributed by atoms with Crippen molar-refractivity contribution in [1.29, 1.82) is 0 Å². The van der Waals surface area contributed by atoms with Gasteiger partial charge in [0.25, 0.3) is 0 Å². The van der Waals surface area contributed by atoms with Crippen LogP contribution >= 0.6 is 0 Å². The molecule has 3 rings (SSSR count). The van der Waals surface area contributed by atoms with Crippen molar-refractivity contribution in [2.75, 3.05) is 7.11 Å². The number of nitrogens with one attached hydrogen (secondary N) is 1. The fourth-order valence-electron chi connectivity index (χ4n) is 2.29. The molecule has 0 radical (unpaired) electrons. The Morgan fingerprint density at radius 3 is 2.62 bits per heavy atom. The Kier molecular flexibility index (Phi) is 4.24. The lowest BCUT2D eigenvalue weighted by molar-refractivity contribution is 0.0471. The molecule has 122 valence electrons. The minimum absolute atomic E-state index is 0.0832. The van der Waals surface area contributed by atoms with Crippen LogP contribution in [0.3, 0.4) is 0 Å². The van der Waals surface area contributed by atoms with E-state index in [2.05, 4.69) is 19.9 Å². The Bertz CT molecular complexity index is 903. The van der Waals surface area contributed by atoms with Gasteiger partial charge < -0.3 is 9.47 Å². The molecule has 3 aromatic rings. The number of pyridine rings is 1. The van der Waals surface area contributed by atoms with Crippen LogP contribution < -0.4 is 0 Å². The highest BCUT2D eigenvalue weighted by molar-refractivity contribution is 6.02. The predicted octanol–water partition coefficient (Wildman–Crippen LogP) is 2.41. The molecule has 0 bridgehead atoms. The van der Waals surface area contributed by atoms with E-state index in [1.807, 2.05) is 30.3 Å². The third-order valence-corrected chi connectivity index (χ3v) is 3.54. The van der Waals surface area contributed by atoms with Gasteiger partial charge in [0.05, 0.1) is 23.9 Å². The normalized spacial score (nSPS) is 10.6. The van der Waals surface area contributed by atoms with Gasteiger partial charge in [-0.2, -0.15) is 5.10 Å². The first kappa shape index (κ1) is 15.7. The van der Waals surface area contributed by atoms with Gasteiger partial charge in [-0.1, -0.05) is 30.3 Å². The van der Waals surface area contributed by atoms with Crippen LogP contribution in [0.4, 0.5) is 0 Å². The molecule has 0 saturated carbocycles. The zero-order valence-corrected chi connectivity index (χ0v) is 13.2. The van der Waals surface area contributed by atoms with Crippen molar-refractivity contribution < 1.29 is 19.1 Å². The van der Waals surface area contributed by atoms with Gasteiger partial charge in [-0.3, -0.25) is 5.10 Å². The van der Waals surface area contributed by atoms with E-state index in [0.29, 0.717) is 22.3 Å². The minimum Gasteiger partial charge on any atom is -0.464 e. The summed E-state index contributed by atoms with van der Waals surface area (Å²) >= 11 is 0. The van der Waals surface area contributed by atoms with Gasteiger partial charge in [-0.05, 0) is 18.6 Å². The molecule has 0 fully saturated rings. The average Bonchev–Trinajstić information content (AvgIpc) is 3.02. The number of aryl methyl sites for hydroxylation is 1. The number of nitrogens with zero attached hydrogens (tertiary/aromatic N) is 2. The first-order valence-corrected chi connectivity index (χ1v) is 7.25. The van der Waals surface area contributed by atoms with E-state index in [-0.39, 0.29) is 12.3 Å². The van der Waals surface area contributed by atoms with Crippen LogP contribution in [0.2, 0.25) is 0 Å². The fourth-order valence-corrected chi connectivity index (χ4v) is 2.29. The molecule has 0 saturated heterocycles. The summed E-state index contributed by atoms with van der Waals surface area (Å²) in [6.45, 7) is 1.85. The van der Waals surface area contributed by atoms with E-state index in [0.717, 1.165) is 5.56 Å². The molecule has 0 aliphatic rings. The molecule has 0 atom stereocenters. The van der Waals surface area contributed by atoms with Crippen molar-refractivity contribution in [3.63, 3.8) is 0 Å². The van der Waals surface area contributed by atoms with E-state index < -0.39 is 11.9 Å². The van der Waals surface area contributed by atoms with E-state index in [1.54, 1.807) is 13.0 Å². The first-order chi connectivity index (χ1) is 11.6. The Balaban J connectivity index is 1.85. The molecule has 2 aromatic heterocycles. The van der Waals surface area contributed by atoms with E-state index in [4.69, 9.17) is 4.74 Å². The third kappa shape index (κ3) is 2.96. The molecule has 0 spiro atoms. The monoisotopic (exact) mass is 325 g/mol. The quantitative estimate of drug-likeness (QED) is 0.740. The molecule has 0 aliphatic carbocycles. The summed E-state index contributed by atoms with van der Waals surface area (Å²) in [5, 5.41) is 6.57. The molecule has 1 aromatic carbocycles. The molecule has 2 heterocycles.